The average molecular weight is 428 g/mol. The van der Waals surface area contributed by atoms with Crippen LogP contribution in [0, 0.1) is 5.92 Å². The minimum atomic E-state index is -0.366. The van der Waals surface area contributed by atoms with Crippen LogP contribution in [-0.2, 0) is 20.1 Å². The topological polar surface area (TPSA) is 65.1 Å². The maximum absolute atomic E-state index is 13.5. The van der Waals surface area contributed by atoms with Crippen molar-refractivity contribution in [1.29, 1.82) is 0 Å². The molecule has 1 aliphatic rings. The Kier molecular flexibility index (Phi) is 5.01. The van der Waals surface area contributed by atoms with E-state index in [1.54, 1.807) is 7.05 Å². The van der Waals surface area contributed by atoms with Crippen LogP contribution in [-0.4, -0.2) is 25.2 Å². The summed E-state index contributed by atoms with van der Waals surface area (Å²) >= 11 is 0. The zero-order valence-corrected chi connectivity index (χ0v) is 18.2. The molecule has 0 spiro atoms. The van der Waals surface area contributed by atoms with E-state index in [1.165, 1.54) is 9.13 Å². The molecule has 0 aliphatic carbocycles. The molecule has 0 radical (unpaired) electrons. The average Bonchev–Trinajstić information content (AvgIpc) is 3.20. The van der Waals surface area contributed by atoms with E-state index < -0.39 is 0 Å². The molecule has 1 unspecified atom stereocenters. The predicted molar refractivity (Wildman–Crippen MR) is 127 cm³/mol. The fourth-order valence-electron chi connectivity index (χ4n) is 4.35. The molecule has 0 saturated heterocycles. The number of aromatic nitrogens is 4. The Hall–Kier alpha value is -3.87. The van der Waals surface area contributed by atoms with E-state index in [0.29, 0.717) is 29.6 Å². The molecule has 0 fully saturated rings. The van der Waals surface area contributed by atoms with Crippen LogP contribution in [0.15, 0.2) is 76.3 Å². The molecule has 3 heterocycles. The molecule has 1 aliphatic heterocycles. The number of aryl methyl sites for hydroxylation is 1. The monoisotopic (exact) mass is 427 g/mol. The summed E-state index contributed by atoms with van der Waals surface area (Å²) in [5, 5.41) is 0. The quantitative estimate of drug-likeness (QED) is 0.501. The molecule has 1 atom stereocenters. The smallest absolute Gasteiger partial charge is 0.312 e. The summed E-state index contributed by atoms with van der Waals surface area (Å²) in [5.41, 5.74) is 2.27. The van der Waals surface area contributed by atoms with Gasteiger partial charge in [0.15, 0.2) is 11.2 Å². The fraction of sp³-hybridized carbons (Fsp3) is 0.240. The third-order valence-corrected chi connectivity index (χ3v) is 5.91. The number of nitrogens with zero attached hydrogens (tertiary/aromatic N) is 5. The Morgan fingerprint density at radius 3 is 2.41 bits per heavy atom. The van der Waals surface area contributed by atoms with Crippen molar-refractivity contribution in [2.75, 3.05) is 11.4 Å². The van der Waals surface area contributed by atoms with Gasteiger partial charge in [-0.15, -0.1) is 0 Å². The van der Waals surface area contributed by atoms with Gasteiger partial charge < -0.3 is 9.47 Å². The van der Waals surface area contributed by atoms with Crippen LogP contribution in [0.25, 0.3) is 17.2 Å². The van der Waals surface area contributed by atoms with E-state index in [1.807, 2.05) is 77.4 Å². The lowest BCUT2D eigenvalue weighted by atomic mass is 10.1. The minimum absolute atomic E-state index is 0.203. The fourth-order valence-corrected chi connectivity index (χ4v) is 4.35. The molecule has 7 nitrogen and oxygen atoms in total. The first-order valence-corrected chi connectivity index (χ1v) is 10.8. The zero-order valence-electron chi connectivity index (χ0n) is 18.2. The van der Waals surface area contributed by atoms with Gasteiger partial charge in [-0.2, -0.15) is 4.98 Å². The summed E-state index contributed by atoms with van der Waals surface area (Å²) in [6, 6.07) is 19.8. The number of fused-ring (bicyclic) bond motifs is 3. The molecule has 7 heteroatoms. The predicted octanol–water partition coefficient (Wildman–Crippen LogP) is 3.40. The summed E-state index contributed by atoms with van der Waals surface area (Å²) in [4.78, 5) is 33.3. The van der Waals surface area contributed by atoms with Crippen LogP contribution < -0.4 is 16.1 Å². The minimum Gasteiger partial charge on any atom is -0.312 e. The summed E-state index contributed by atoms with van der Waals surface area (Å²) in [6.07, 6.45) is 3.76. The molecular weight excluding hydrogens is 402 g/mol. The van der Waals surface area contributed by atoms with E-state index in [9.17, 15) is 9.59 Å². The van der Waals surface area contributed by atoms with E-state index in [-0.39, 0.29) is 17.8 Å². The van der Waals surface area contributed by atoms with Crippen molar-refractivity contribution in [3.05, 3.63) is 93.1 Å². The SMILES string of the molecule is CC1CN(c2ccccc2)c2nc3c(c(=O)n(CC=Cc4ccccc4)c(=O)n3C)n2C1. The second-order valence-corrected chi connectivity index (χ2v) is 8.32. The highest BCUT2D eigenvalue weighted by Crippen LogP contribution is 2.32. The lowest BCUT2D eigenvalue weighted by Crippen LogP contribution is -2.40. The molecule has 162 valence electrons. The zero-order chi connectivity index (χ0) is 22.2. The normalized spacial score (nSPS) is 16.1. The number of para-hydroxylation sites is 1. The maximum atomic E-state index is 13.5. The van der Waals surface area contributed by atoms with Crippen LogP contribution in [0.5, 0.6) is 0 Å². The Morgan fingerprint density at radius 1 is 1.00 bits per heavy atom. The molecular formula is C25H25N5O2. The number of hydrogen-bond acceptors (Lipinski definition) is 4. The van der Waals surface area contributed by atoms with Crippen molar-refractivity contribution in [2.45, 2.75) is 20.0 Å². The Balaban J connectivity index is 1.64. The van der Waals surface area contributed by atoms with Gasteiger partial charge in [-0.25, -0.2) is 4.79 Å². The Bertz CT molecular complexity index is 1410. The van der Waals surface area contributed by atoms with Gasteiger partial charge in [0.2, 0.25) is 5.95 Å². The number of hydrogen-bond donors (Lipinski definition) is 0. The number of imidazole rings is 1. The van der Waals surface area contributed by atoms with Crippen LogP contribution in [0.3, 0.4) is 0 Å². The molecule has 2 aromatic carbocycles. The first kappa shape index (κ1) is 20.1. The second kappa shape index (κ2) is 8.00. The number of allylic oxidation sites excluding steroid dienone is 1. The second-order valence-electron chi connectivity index (χ2n) is 8.32. The molecule has 4 aromatic rings. The standard InChI is InChI=1S/C25H25N5O2/c1-18-16-29(20-13-7-4-8-14-20)24-26-22-21(30(24)17-18)23(31)28(25(32)27(22)2)15-9-12-19-10-5-3-6-11-19/h3-14,18H,15-17H2,1-2H3. The van der Waals surface area contributed by atoms with Gasteiger partial charge in [0.25, 0.3) is 5.56 Å². The van der Waals surface area contributed by atoms with E-state index in [2.05, 4.69) is 11.8 Å². The molecule has 0 amide bonds. The molecule has 0 saturated carbocycles. The summed E-state index contributed by atoms with van der Waals surface area (Å²) in [6.45, 7) is 3.85. The molecule has 0 N–H and O–H groups in total. The van der Waals surface area contributed by atoms with Gasteiger partial charge in [0, 0.05) is 32.4 Å². The molecule has 2 aromatic heterocycles. The van der Waals surface area contributed by atoms with Gasteiger partial charge >= 0.3 is 5.69 Å². The van der Waals surface area contributed by atoms with Crippen LogP contribution >= 0.6 is 0 Å². The lowest BCUT2D eigenvalue weighted by Gasteiger charge is -2.32. The first-order chi connectivity index (χ1) is 15.5. The van der Waals surface area contributed by atoms with Crippen molar-refractivity contribution in [1.82, 2.24) is 18.7 Å². The molecule has 5 rings (SSSR count). The van der Waals surface area contributed by atoms with Gasteiger partial charge in [0.05, 0.1) is 0 Å². The Morgan fingerprint density at radius 2 is 1.69 bits per heavy atom. The van der Waals surface area contributed by atoms with Crippen LogP contribution in [0.2, 0.25) is 0 Å². The molecule has 32 heavy (non-hydrogen) atoms. The number of rotatable bonds is 4. The van der Waals surface area contributed by atoms with Gasteiger partial charge in [-0.3, -0.25) is 13.9 Å². The van der Waals surface area contributed by atoms with Gasteiger partial charge in [-0.1, -0.05) is 67.6 Å². The van der Waals surface area contributed by atoms with Crippen molar-refractivity contribution < 1.29 is 0 Å². The van der Waals surface area contributed by atoms with Crippen LogP contribution in [0.1, 0.15) is 12.5 Å². The van der Waals surface area contributed by atoms with E-state index in [0.717, 1.165) is 17.8 Å². The summed E-state index contributed by atoms with van der Waals surface area (Å²) in [7, 11) is 1.68. The highest BCUT2D eigenvalue weighted by Gasteiger charge is 2.29. The highest BCUT2D eigenvalue weighted by atomic mass is 16.2. The third kappa shape index (κ3) is 3.36. The number of anilines is 2. The van der Waals surface area contributed by atoms with Crippen molar-refractivity contribution in [2.24, 2.45) is 13.0 Å². The lowest BCUT2D eigenvalue weighted by molar-refractivity contribution is 0.458. The number of benzene rings is 2. The summed E-state index contributed by atoms with van der Waals surface area (Å²) in [5.74, 6) is 1.03. The van der Waals surface area contributed by atoms with Crippen molar-refractivity contribution in [3.63, 3.8) is 0 Å². The van der Waals surface area contributed by atoms with E-state index in [4.69, 9.17) is 4.98 Å². The highest BCUT2D eigenvalue weighted by molar-refractivity contribution is 5.77. The van der Waals surface area contributed by atoms with Gasteiger partial charge in [-0.05, 0) is 23.6 Å². The maximum Gasteiger partial charge on any atom is 0.332 e. The van der Waals surface area contributed by atoms with Gasteiger partial charge in [0.1, 0.15) is 0 Å². The third-order valence-electron chi connectivity index (χ3n) is 5.91. The molecule has 0 bridgehead atoms. The van der Waals surface area contributed by atoms with Crippen molar-refractivity contribution >= 4 is 28.9 Å². The summed E-state index contributed by atoms with van der Waals surface area (Å²) < 4.78 is 4.73. The van der Waals surface area contributed by atoms with E-state index >= 15 is 0 Å². The first-order valence-electron chi connectivity index (χ1n) is 10.8. The Labute approximate surface area is 185 Å². The largest absolute Gasteiger partial charge is 0.332 e. The van der Waals surface area contributed by atoms with Crippen molar-refractivity contribution in [3.8, 4) is 0 Å². The van der Waals surface area contributed by atoms with Crippen LogP contribution in [0.4, 0.5) is 11.6 Å².